The van der Waals surface area contributed by atoms with Crippen molar-refractivity contribution in [1.29, 1.82) is 0 Å². The molecular formula is C12H15N3O2S2. The second-order valence-electron chi connectivity index (χ2n) is 3.91. The van der Waals surface area contributed by atoms with Crippen LogP contribution in [-0.4, -0.2) is 21.9 Å². The van der Waals surface area contributed by atoms with Crippen LogP contribution in [0.15, 0.2) is 6.20 Å². The Hall–Kier alpha value is -1.47. The summed E-state index contributed by atoms with van der Waals surface area (Å²) >= 11 is 2.90. The fourth-order valence-electron chi connectivity index (χ4n) is 1.57. The molecule has 0 saturated heterocycles. The molecule has 2 rings (SSSR count). The number of carbonyl (C=O) groups excluding carboxylic acids is 1. The minimum Gasteiger partial charge on any atom is -0.462 e. The summed E-state index contributed by atoms with van der Waals surface area (Å²) in [6.07, 6.45) is 1.84. The van der Waals surface area contributed by atoms with Gasteiger partial charge in [0.2, 0.25) is 0 Å². The van der Waals surface area contributed by atoms with Gasteiger partial charge in [0.1, 0.15) is 15.6 Å². The number of esters is 1. The van der Waals surface area contributed by atoms with Gasteiger partial charge < -0.3 is 10.1 Å². The molecule has 0 atom stereocenters. The quantitative estimate of drug-likeness (QED) is 0.859. The minimum absolute atomic E-state index is 0.327. The van der Waals surface area contributed by atoms with Gasteiger partial charge in [0.25, 0.3) is 0 Å². The number of aromatic nitrogens is 2. The lowest BCUT2D eigenvalue weighted by Gasteiger charge is -2.05. The molecule has 0 fully saturated rings. The van der Waals surface area contributed by atoms with Gasteiger partial charge in [-0.2, -0.15) is 4.37 Å². The summed E-state index contributed by atoms with van der Waals surface area (Å²) in [5.74, 6) is -0.327. The molecule has 0 aliphatic carbocycles. The lowest BCUT2D eigenvalue weighted by Crippen LogP contribution is -2.09. The summed E-state index contributed by atoms with van der Waals surface area (Å²) < 4.78 is 9.24. The molecule has 0 aliphatic rings. The van der Waals surface area contributed by atoms with Crippen molar-refractivity contribution in [3.63, 3.8) is 0 Å². The Kier molecular flexibility index (Phi) is 4.49. The van der Waals surface area contributed by atoms with E-state index in [1.807, 2.05) is 20.0 Å². The molecule has 0 aliphatic heterocycles. The van der Waals surface area contributed by atoms with Crippen molar-refractivity contribution in [2.24, 2.45) is 0 Å². The summed E-state index contributed by atoms with van der Waals surface area (Å²) in [4.78, 5) is 17.3. The molecule has 0 aromatic carbocycles. The number of hydrogen-bond acceptors (Lipinski definition) is 7. The van der Waals surface area contributed by atoms with E-state index in [-0.39, 0.29) is 5.97 Å². The molecule has 2 aromatic heterocycles. The highest BCUT2D eigenvalue weighted by Crippen LogP contribution is 2.26. The third kappa shape index (κ3) is 3.30. The Morgan fingerprint density at radius 3 is 2.89 bits per heavy atom. The second-order valence-corrected chi connectivity index (χ2v) is 6.00. The van der Waals surface area contributed by atoms with Gasteiger partial charge in [0, 0.05) is 11.1 Å². The Balaban J connectivity index is 2.10. The Morgan fingerprint density at radius 2 is 2.26 bits per heavy atom. The van der Waals surface area contributed by atoms with E-state index in [0.29, 0.717) is 24.4 Å². The first-order chi connectivity index (χ1) is 9.11. The normalized spacial score (nSPS) is 10.5. The molecule has 0 spiro atoms. The molecular weight excluding hydrogens is 282 g/mol. The molecule has 102 valence electrons. The third-order valence-corrected chi connectivity index (χ3v) is 4.22. The summed E-state index contributed by atoms with van der Waals surface area (Å²) in [5.41, 5.74) is 1.22. The van der Waals surface area contributed by atoms with Crippen molar-refractivity contribution < 1.29 is 9.53 Å². The number of aryl methyl sites for hydroxylation is 2. The smallest absolute Gasteiger partial charge is 0.343 e. The number of nitrogens with one attached hydrogen (secondary N) is 1. The van der Waals surface area contributed by atoms with E-state index in [0.717, 1.165) is 10.0 Å². The number of ether oxygens (including phenoxy) is 1. The summed E-state index contributed by atoms with van der Waals surface area (Å²) in [6, 6.07) is 0. The highest BCUT2D eigenvalue weighted by Gasteiger charge is 2.19. The molecule has 5 nitrogen and oxygen atoms in total. The zero-order valence-corrected chi connectivity index (χ0v) is 12.7. The van der Waals surface area contributed by atoms with E-state index in [1.165, 1.54) is 16.4 Å². The predicted octanol–water partition coefficient (Wildman–Crippen LogP) is 3.01. The Bertz CT molecular complexity index is 577. The number of rotatable bonds is 5. The number of anilines is 1. The molecule has 7 heteroatoms. The van der Waals surface area contributed by atoms with Crippen LogP contribution in [0.25, 0.3) is 0 Å². The lowest BCUT2D eigenvalue weighted by atomic mass is 10.2. The largest absolute Gasteiger partial charge is 0.462 e. The predicted molar refractivity (Wildman–Crippen MR) is 77.0 cm³/mol. The van der Waals surface area contributed by atoms with E-state index in [9.17, 15) is 4.79 Å². The molecule has 0 saturated carbocycles. The summed E-state index contributed by atoms with van der Waals surface area (Å²) in [6.45, 7) is 6.56. The highest BCUT2D eigenvalue weighted by molar-refractivity contribution is 7.11. The van der Waals surface area contributed by atoms with Gasteiger partial charge in [0.05, 0.1) is 18.8 Å². The first-order valence-electron chi connectivity index (χ1n) is 5.90. The topological polar surface area (TPSA) is 64.1 Å². The first-order valence-corrected chi connectivity index (χ1v) is 7.49. The molecule has 2 heterocycles. The van der Waals surface area contributed by atoms with E-state index < -0.39 is 0 Å². The number of hydrogen-bond donors (Lipinski definition) is 1. The molecule has 1 N–H and O–H groups in total. The SMILES string of the molecule is CCOC(=O)c1c(C)nsc1NCc1ncc(C)s1. The van der Waals surface area contributed by atoms with Crippen LogP contribution in [0.3, 0.4) is 0 Å². The van der Waals surface area contributed by atoms with Crippen LogP contribution in [0.5, 0.6) is 0 Å². The Labute approximate surface area is 119 Å². The van der Waals surface area contributed by atoms with Crippen molar-refractivity contribution in [1.82, 2.24) is 9.36 Å². The van der Waals surface area contributed by atoms with Crippen molar-refractivity contribution in [2.45, 2.75) is 27.3 Å². The van der Waals surface area contributed by atoms with Crippen molar-refractivity contribution >= 4 is 33.8 Å². The van der Waals surface area contributed by atoms with Crippen LogP contribution in [0.4, 0.5) is 5.00 Å². The number of thiazole rings is 1. The molecule has 0 radical (unpaired) electrons. The third-order valence-electron chi connectivity index (χ3n) is 2.41. The molecule has 2 aromatic rings. The zero-order valence-electron chi connectivity index (χ0n) is 11.0. The molecule has 19 heavy (non-hydrogen) atoms. The van der Waals surface area contributed by atoms with Crippen LogP contribution >= 0.6 is 22.9 Å². The fraction of sp³-hybridized carbons (Fsp3) is 0.417. The van der Waals surface area contributed by atoms with Gasteiger partial charge >= 0.3 is 5.97 Å². The van der Waals surface area contributed by atoms with E-state index in [1.54, 1.807) is 18.3 Å². The summed E-state index contributed by atoms with van der Waals surface area (Å²) in [7, 11) is 0. The monoisotopic (exact) mass is 297 g/mol. The number of carbonyl (C=O) groups is 1. The van der Waals surface area contributed by atoms with Crippen molar-refractivity contribution in [3.05, 3.63) is 27.3 Å². The van der Waals surface area contributed by atoms with Crippen LogP contribution in [0.1, 0.15) is 32.9 Å². The molecule has 0 unspecified atom stereocenters. The van der Waals surface area contributed by atoms with Crippen LogP contribution in [-0.2, 0) is 11.3 Å². The van der Waals surface area contributed by atoms with Crippen LogP contribution in [0, 0.1) is 13.8 Å². The van der Waals surface area contributed by atoms with Gasteiger partial charge in [-0.1, -0.05) is 0 Å². The van der Waals surface area contributed by atoms with Crippen LogP contribution < -0.4 is 5.32 Å². The number of nitrogens with zero attached hydrogens (tertiary/aromatic N) is 2. The van der Waals surface area contributed by atoms with Gasteiger partial charge in [-0.05, 0) is 32.3 Å². The maximum absolute atomic E-state index is 11.9. The molecule has 0 amide bonds. The van der Waals surface area contributed by atoms with E-state index in [4.69, 9.17) is 4.74 Å². The van der Waals surface area contributed by atoms with E-state index in [2.05, 4.69) is 14.7 Å². The van der Waals surface area contributed by atoms with Gasteiger partial charge in [0.15, 0.2) is 0 Å². The van der Waals surface area contributed by atoms with Crippen molar-refractivity contribution in [3.8, 4) is 0 Å². The minimum atomic E-state index is -0.327. The molecule has 0 bridgehead atoms. The fourth-order valence-corrected chi connectivity index (χ4v) is 3.08. The lowest BCUT2D eigenvalue weighted by molar-refractivity contribution is 0.0527. The second kappa shape index (κ2) is 6.12. The van der Waals surface area contributed by atoms with Crippen LogP contribution in [0.2, 0.25) is 0 Å². The standard InChI is InChI=1S/C12H15N3O2S2/c1-4-17-12(16)10-8(3)15-19-11(10)14-6-9-13-5-7(2)18-9/h5,14H,4,6H2,1-3H3. The first kappa shape index (κ1) is 14.0. The average molecular weight is 297 g/mol. The van der Waals surface area contributed by atoms with Gasteiger partial charge in [-0.3, -0.25) is 0 Å². The average Bonchev–Trinajstić information content (AvgIpc) is 2.93. The van der Waals surface area contributed by atoms with Gasteiger partial charge in [-0.15, -0.1) is 11.3 Å². The van der Waals surface area contributed by atoms with Crippen molar-refractivity contribution in [2.75, 3.05) is 11.9 Å². The maximum Gasteiger partial charge on any atom is 0.343 e. The summed E-state index contributed by atoms with van der Waals surface area (Å²) in [5, 5.41) is 4.93. The van der Waals surface area contributed by atoms with E-state index >= 15 is 0 Å². The maximum atomic E-state index is 11.9. The Morgan fingerprint density at radius 1 is 1.47 bits per heavy atom. The zero-order chi connectivity index (χ0) is 13.8. The van der Waals surface area contributed by atoms with Gasteiger partial charge in [-0.25, -0.2) is 9.78 Å². The highest BCUT2D eigenvalue weighted by atomic mass is 32.1.